The fourth-order valence-corrected chi connectivity index (χ4v) is 1.74. The van der Waals surface area contributed by atoms with Gasteiger partial charge in [0.15, 0.2) is 0 Å². The van der Waals surface area contributed by atoms with Crippen LogP contribution in [-0.2, 0) is 4.74 Å². The van der Waals surface area contributed by atoms with E-state index in [4.69, 9.17) is 15.2 Å². The number of nitrogens with two attached hydrogens (primary N) is 1. The van der Waals surface area contributed by atoms with Crippen LogP contribution in [0.15, 0.2) is 30.3 Å². The van der Waals surface area contributed by atoms with Crippen LogP contribution in [0.4, 0.5) is 0 Å². The Hall–Kier alpha value is -1.06. The van der Waals surface area contributed by atoms with Crippen LogP contribution < -0.4 is 10.5 Å². The Bertz CT molecular complexity index is 288. The summed E-state index contributed by atoms with van der Waals surface area (Å²) in [6.07, 6.45) is 1.87. The van der Waals surface area contributed by atoms with E-state index in [1.165, 1.54) is 0 Å². The first-order valence-electron chi connectivity index (χ1n) is 6.28. The average Bonchev–Trinajstić information content (AvgIpc) is 2.41. The molecule has 0 aliphatic heterocycles. The summed E-state index contributed by atoms with van der Waals surface area (Å²) in [5, 5.41) is 0. The molecule has 0 fully saturated rings. The molecular weight excluding hydrogens is 214 g/mol. The van der Waals surface area contributed by atoms with Crippen molar-refractivity contribution in [3.63, 3.8) is 0 Å². The molecule has 0 spiro atoms. The Balaban J connectivity index is 2.28. The maximum absolute atomic E-state index is 5.85. The van der Waals surface area contributed by atoms with Crippen molar-refractivity contribution in [1.82, 2.24) is 0 Å². The Labute approximate surface area is 104 Å². The van der Waals surface area contributed by atoms with Gasteiger partial charge in [-0.15, -0.1) is 0 Å². The first-order valence-corrected chi connectivity index (χ1v) is 6.28. The molecule has 1 aromatic rings. The van der Waals surface area contributed by atoms with Crippen LogP contribution in [-0.4, -0.2) is 25.4 Å². The summed E-state index contributed by atoms with van der Waals surface area (Å²) in [6.45, 7) is 5.91. The Morgan fingerprint density at radius 1 is 1.06 bits per heavy atom. The molecule has 0 saturated carbocycles. The topological polar surface area (TPSA) is 44.5 Å². The monoisotopic (exact) mass is 237 g/mol. The highest BCUT2D eigenvalue weighted by atomic mass is 16.5. The molecule has 96 valence electrons. The van der Waals surface area contributed by atoms with Gasteiger partial charge in [-0.05, 0) is 25.0 Å². The lowest BCUT2D eigenvalue weighted by Crippen LogP contribution is -2.40. The van der Waals surface area contributed by atoms with Crippen molar-refractivity contribution in [3.05, 3.63) is 30.3 Å². The molecule has 3 heteroatoms. The summed E-state index contributed by atoms with van der Waals surface area (Å²) >= 11 is 0. The average molecular weight is 237 g/mol. The van der Waals surface area contributed by atoms with Crippen LogP contribution in [0.1, 0.15) is 26.7 Å². The van der Waals surface area contributed by atoms with Crippen LogP contribution in [0.5, 0.6) is 5.75 Å². The van der Waals surface area contributed by atoms with Gasteiger partial charge in [0.25, 0.3) is 0 Å². The SMILES string of the molecule is CCC(CC)(CN)OCCOc1ccccc1. The van der Waals surface area contributed by atoms with Crippen molar-refractivity contribution < 1.29 is 9.47 Å². The summed E-state index contributed by atoms with van der Waals surface area (Å²) in [7, 11) is 0. The highest BCUT2D eigenvalue weighted by molar-refractivity contribution is 5.20. The molecule has 0 atom stereocenters. The van der Waals surface area contributed by atoms with E-state index in [2.05, 4.69) is 13.8 Å². The molecule has 17 heavy (non-hydrogen) atoms. The fraction of sp³-hybridized carbons (Fsp3) is 0.571. The molecule has 2 N–H and O–H groups in total. The van der Waals surface area contributed by atoms with Crippen LogP contribution >= 0.6 is 0 Å². The molecular formula is C14H23NO2. The van der Waals surface area contributed by atoms with Crippen molar-refractivity contribution in [1.29, 1.82) is 0 Å². The van der Waals surface area contributed by atoms with Crippen molar-refractivity contribution >= 4 is 0 Å². The number of ether oxygens (including phenoxy) is 2. The smallest absolute Gasteiger partial charge is 0.119 e. The van der Waals surface area contributed by atoms with E-state index in [1.54, 1.807) is 0 Å². The second kappa shape index (κ2) is 7.30. The number of rotatable bonds is 8. The summed E-state index contributed by atoms with van der Waals surface area (Å²) < 4.78 is 11.4. The highest BCUT2D eigenvalue weighted by Crippen LogP contribution is 2.18. The third kappa shape index (κ3) is 4.36. The minimum Gasteiger partial charge on any atom is -0.491 e. The zero-order valence-corrected chi connectivity index (χ0v) is 10.8. The molecule has 0 radical (unpaired) electrons. The molecule has 0 aliphatic carbocycles. The van der Waals surface area contributed by atoms with E-state index in [1.807, 2.05) is 30.3 Å². The van der Waals surface area contributed by atoms with Gasteiger partial charge in [0.2, 0.25) is 0 Å². The van der Waals surface area contributed by atoms with E-state index < -0.39 is 0 Å². The lowest BCUT2D eigenvalue weighted by atomic mass is 9.97. The molecule has 0 unspecified atom stereocenters. The van der Waals surface area contributed by atoms with E-state index in [0.29, 0.717) is 19.8 Å². The minimum atomic E-state index is -0.181. The Morgan fingerprint density at radius 3 is 2.24 bits per heavy atom. The fourth-order valence-electron chi connectivity index (χ4n) is 1.74. The molecule has 1 rings (SSSR count). The molecule has 0 bridgehead atoms. The number of hydrogen-bond acceptors (Lipinski definition) is 3. The van der Waals surface area contributed by atoms with Gasteiger partial charge < -0.3 is 15.2 Å². The van der Waals surface area contributed by atoms with Crippen LogP contribution in [0.25, 0.3) is 0 Å². The normalized spacial score (nSPS) is 11.5. The quantitative estimate of drug-likeness (QED) is 0.707. The molecule has 0 aromatic heterocycles. The standard InChI is InChI=1S/C14H23NO2/c1-3-14(4-2,12-15)17-11-10-16-13-8-6-5-7-9-13/h5-9H,3-4,10-12,15H2,1-2H3. The number of hydrogen-bond donors (Lipinski definition) is 1. The molecule has 0 aliphatic rings. The van der Waals surface area contributed by atoms with E-state index >= 15 is 0 Å². The second-order valence-electron chi connectivity index (χ2n) is 4.10. The molecule has 1 aromatic carbocycles. The highest BCUT2D eigenvalue weighted by Gasteiger charge is 2.24. The molecule has 0 amide bonds. The lowest BCUT2D eigenvalue weighted by Gasteiger charge is -2.30. The van der Waals surface area contributed by atoms with Crippen LogP contribution in [0, 0.1) is 0 Å². The summed E-state index contributed by atoms with van der Waals surface area (Å²) in [4.78, 5) is 0. The van der Waals surface area contributed by atoms with Gasteiger partial charge >= 0.3 is 0 Å². The second-order valence-corrected chi connectivity index (χ2v) is 4.10. The third-order valence-corrected chi connectivity index (χ3v) is 3.16. The van der Waals surface area contributed by atoms with Crippen molar-refractivity contribution in [2.75, 3.05) is 19.8 Å². The van der Waals surface area contributed by atoms with Gasteiger partial charge in [0, 0.05) is 6.54 Å². The van der Waals surface area contributed by atoms with E-state index in [-0.39, 0.29) is 5.60 Å². The lowest BCUT2D eigenvalue weighted by molar-refractivity contribution is -0.0540. The summed E-state index contributed by atoms with van der Waals surface area (Å²) in [6, 6.07) is 9.76. The zero-order chi connectivity index (χ0) is 12.6. The van der Waals surface area contributed by atoms with Gasteiger partial charge in [-0.2, -0.15) is 0 Å². The van der Waals surface area contributed by atoms with Crippen molar-refractivity contribution in [2.24, 2.45) is 5.73 Å². The van der Waals surface area contributed by atoms with Gasteiger partial charge in [-0.25, -0.2) is 0 Å². The van der Waals surface area contributed by atoms with Gasteiger partial charge in [0.05, 0.1) is 12.2 Å². The summed E-state index contributed by atoms with van der Waals surface area (Å²) in [5.41, 5.74) is 5.58. The molecule has 3 nitrogen and oxygen atoms in total. The maximum Gasteiger partial charge on any atom is 0.119 e. The van der Waals surface area contributed by atoms with Gasteiger partial charge in [-0.3, -0.25) is 0 Å². The third-order valence-electron chi connectivity index (χ3n) is 3.16. The molecule has 0 heterocycles. The van der Waals surface area contributed by atoms with Crippen LogP contribution in [0.2, 0.25) is 0 Å². The number of benzene rings is 1. The van der Waals surface area contributed by atoms with E-state index in [9.17, 15) is 0 Å². The van der Waals surface area contributed by atoms with E-state index in [0.717, 1.165) is 18.6 Å². The van der Waals surface area contributed by atoms with Gasteiger partial charge in [0.1, 0.15) is 12.4 Å². The molecule has 0 saturated heterocycles. The zero-order valence-electron chi connectivity index (χ0n) is 10.8. The minimum absolute atomic E-state index is 0.181. The number of para-hydroxylation sites is 1. The first-order chi connectivity index (χ1) is 8.26. The Kier molecular flexibility index (Phi) is 6.01. The largest absolute Gasteiger partial charge is 0.491 e. The predicted octanol–water partition coefficient (Wildman–Crippen LogP) is 2.60. The first kappa shape index (κ1) is 14.0. The Morgan fingerprint density at radius 2 is 1.71 bits per heavy atom. The van der Waals surface area contributed by atoms with Crippen molar-refractivity contribution in [3.8, 4) is 5.75 Å². The predicted molar refractivity (Wildman–Crippen MR) is 70.3 cm³/mol. The maximum atomic E-state index is 5.85. The van der Waals surface area contributed by atoms with Crippen molar-refractivity contribution in [2.45, 2.75) is 32.3 Å². The summed E-state index contributed by atoms with van der Waals surface area (Å²) in [5.74, 6) is 0.877. The van der Waals surface area contributed by atoms with Crippen LogP contribution in [0.3, 0.4) is 0 Å². The van der Waals surface area contributed by atoms with Gasteiger partial charge in [-0.1, -0.05) is 32.0 Å².